The van der Waals surface area contributed by atoms with Gasteiger partial charge in [0.25, 0.3) is 0 Å². The van der Waals surface area contributed by atoms with Gasteiger partial charge in [-0.1, -0.05) is 26.8 Å². The quantitative estimate of drug-likeness (QED) is 0.101. The number of piperazine rings is 1. The molecular formula is C60H101N5O15. The van der Waals surface area contributed by atoms with Crippen LogP contribution in [0.4, 0.5) is 0 Å². The van der Waals surface area contributed by atoms with Crippen molar-refractivity contribution in [1.29, 1.82) is 0 Å². The summed E-state index contributed by atoms with van der Waals surface area (Å²) < 4.78 is 47.8. The molecule has 5 N–H and O–H groups in total. The van der Waals surface area contributed by atoms with Crippen LogP contribution in [0.3, 0.4) is 0 Å². The third-order valence-corrected chi connectivity index (χ3v) is 18.2. The predicted octanol–water partition coefficient (Wildman–Crippen LogP) is 4.60. The zero-order chi connectivity index (χ0) is 59.2. The van der Waals surface area contributed by atoms with E-state index in [1.165, 1.54) is 13.1 Å². The van der Waals surface area contributed by atoms with Gasteiger partial charge < -0.3 is 82.9 Å². The van der Waals surface area contributed by atoms with Gasteiger partial charge in [-0.25, -0.2) is 4.79 Å². The van der Waals surface area contributed by atoms with Crippen LogP contribution in [0, 0.1) is 17.8 Å². The number of hydrogen-bond donors (Lipinski definition) is 5. The van der Waals surface area contributed by atoms with E-state index < -0.39 is 107 Å². The maximum absolute atomic E-state index is 14.6. The molecule has 0 radical (unpaired) electrons. The lowest BCUT2D eigenvalue weighted by Crippen LogP contribution is -2.61. The number of fused-ring (bicyclic) bond motifs is 1. The fourth-order valence-electron chi connectivity index (χ4n) is 13.3. The molecule has 0 amide bonds. The van der Waals surface area contributed by atoms with E-state index in [1.807, 2.05) is 102 Å². The molecule has 0 spiro atoms. The standard InChI is InChI=1S/C60H101N5O15/c1-16-47-60(11,73)52(68)40(7)62(14)34-36(3)32-58(9,72)53(80-57-50(67)46(61(12)13)30-37(4)76-57)38(5)51(39(6)56(71)78-47)79-48-33-59(10,74-15)54(41(8)77-48)75-29-19-24-64-27-25-63(26-28-64)23-18-20-42-21-22-45-43(31-42)49(66)44(55(69)70)35-65(45)17-2/h21-22,31,35-41,46-48,50-54,57,67-68,72-73H,16-20,23-30,32-34H2,1-15H3,(H,69,70)/t36-,37-,38+,39-,40-,41+,46+,47-,48+,50-,51+,52-,53-,54+,57+,58-,59-,60-/m1/s1. The Morgan fingerprint density at radius 2 is 1.54 bits per heavy atom. The van der Waals surface area contributed by atoms with Gasteiger partial charge in [0, 0.05) is 95.5 Å². The topological polar surface area (TPSA) is 235 Å². The van der Waals surface area contributed by atoms with E-state index in [0.717, 1.165) is 69.6 Å². The molecule has 4 aliphatic rings. The van der Waals surface area contributed by atoms with Crippen molar-refractivity contribution in [2.45, 2.75) is 218 Å². The van der Waals surface area contributed by atoms with E-state index in [9.17, 15) is 39.9 Å². The Morgan fingerprint density at radius 3 is 2.14 bits per heavy atom. The summed E-state index contributed by atoms with van der Waals surface area (Å²) in [5, 5.41) is 58.3. The number of aromatic carboxylic acids is 1. The molecule has 18 atom stereocenters. The number of esters is 1. The fraction of sp³-hybridized carbons (Fsp3) is 0.817. The molecule has 0 saturated carbocycles. The Morgan fingerprint density at radius 1 is 0.887 bits per heavy atom. The summed E-state index contributed by atoms with van der Waals surface area (Å²) in [7, 11) is 7.29. The highest BCUT2D eigenvalue weighted by Gasteiger charge is 2.53. The Kier molecular flexibility index (Phi) is 23.2. The number of hydrogen-bond acceptors (Lipinski definition) is 18. The number of aryl methyl sites for hydroxylation is 2. The molecule has 0 aliphatic carbocycles. The molecule has 6 rings (SSSR count). The minimum Gasteiger partial charge on any atom is -0.477 e. The number of rotatable bonds is 18. The molecule has 4 saturated heterocycles. The van der Waals surface area contributed by atoms with Crippen LogP contribution >= 0.6 is 0 Å². The number of carboxylic acid groups (broad SMARTS) is 1. The Hall–Kier alpha value is -3.19. The summed E-state index contributed by atoms with van der Waals surface area (Å²) in [4.78, 5) is 48.2. The van der Waals surface area contributed by atoms with Gasteiger partial charge in [-0.15, -0.1) is 0 Å². The van der Waals surface area contributed by atoms with Crippen molar-refractivity contribution in [2.75, 3.05) is 80.7 Å². The van der Waals surface area contributed by atoms with Crippen molar-refractivity contribution >= 4 is 22.8 Å². The smallest absolute Gasteiger partial charge is 0.341 e. The van der Waals surface area contributed by atoms with Crippen LogP contribution < -0.4 is 5.43 Å². The normalized spacial score (nSPS) is 38.0. The van der Waals surface area contributed by atoms with Gasteiger partial charge in [-0.2, -0.15) is 0 Å². The largest absolute Gasteiger partial charge is 0.477 e. The van der Waals surface area contributed by atoms with Crippen molar-refractivity contribution in [3.63, 3.8) is 0 Å². The van der Waals surface area contributed by atoms with E-state index >= 15 is 0 Å². The summed E-state index contributed by atoms with van der Waals surface area (Å²) in [6.07, 6.45) is -3.71. The lowest BCUT2D eigenvalue weighted by molar-refractivity contribution is -0.320. The van der Waals surface area contributed by atoms with Crippen molar-refractivity contribution in [2.24, 2.45) is 17.8 Å². The van der Waals surface area contributed by atoms with Gasteiger partial charge in [0.1, 0.15) is 35.6 Å². The van der Waals surface area contributed by atoms with E-state index in [4.69, 9.17) is 33.2 Å². The molecule has 2 aromatic rings. The van der Waals surface area contributed by atoms with Crippen LogP contribution in [0.5, 0.6) is 0 Å². The first-order valence-electron chi connectivity index (χ1n) is 29.6. The fourth-order valence-corrected chi connectivity index (χ4v) is 13.3. The van der Waals surface area contributed by atoms with Crippen molar-refractivity contribution in [3.05, 3.63) is 45.7 Å². The molecule has 20 heteroatoms. The summed E-state index contributed by atoms with van der Waals surface area (Å²) in [5.74, 6) is -3.85. The summed E-state index contributed by atoms with van der Waals surface area (Å²) in [6.45, 7) is 27.1. The summed E-state index contributed by atoms with van der Waals surface area (Å²) in [5.41, 5.74) is -3.20. The van der Waals surface area contributed by atoms with Crippen molar-refractivity contribution in [1.82, 2.24) is 24.2 Å². The highest BCUT2D eigenvalue weighted by Crippen LogP contribution is 2.41. The number of aliphatic hydroxyl groups is 4. The Balaban J connectivity index is 1.12. The number of likely N-dealkylation sites (N-methyl/N-ethyl adjacent to an activating group) is 2. The van der Waals surface area contributed by atoms with Gasteiger partial charge in [0.15, 0.2) is 12.6 Å². The number of carbonyl (C=O) groups excluding carboxylic acids is 1. The van der Waals surface area contributed by atoms with Crippen LogP contribution in [-0.4, -0.2) is 233 Å². The summed E-state index contributed by atoms with van der Waals surface area (Å²) in [6, 6.07) is 4.96. The molecule has 0 bridgehead atoms. The maximum Gasteiger partial charge on any atom is 0.341 e. The number of benzene rings is 1. The number of ether oxygens (including phenoxy) is 7. The molecular weight excluding hydrogens is 1030 g/mol. The van der Waals surface area contributed by atoms with E-state index in [2.05, 4.69) is 9.80 Å². The molecule has 4 aliphatic heterocycles. The SMILES string of the molecule is CC[C@H]1OC(=O)[C@H](C)[C@@H](O[C@H]2C[C@@](C)(OC)[C@@H](OCCCN3CCN(CCCc4ccc5c(c4)c(=O)c(C(=O)O)cn5CC)CC3)[C@H](C)O2)[C@H](C)[C@@H](O[C@@H]2O[C@H](C)C[C@H](N(C)C)[C@H]2O)[C@](C)(O)C[C@@H](C)CN(C)[C@H](C)[C@@H](O)[C@]1(C)O. The van der Waals surface area contributed by atoms with Crippen LogP contribution in [0.2, 0.25) is 0 Å². The molecule has 456 valence electrons. The second-order valence-electron chi connectivity index (χ2n) is 25.0. The third kappa shape index (κ3) is 15.6. The van der Waals surface area contributed by atoms with E-state index in [-0.39, 0.29) is 42.9 Å². The Labute approximate surface area is 475 Å². The van der Waals surface area contributed by atoms with Crippen molar-refractivity contribution < 1.29 is 68.3 Å². The monoisotopic (exact) mass is 1130 g/mol. The van der Waals surface area contributed by atoms with Gasteiger partial charge in [-0.05, 0) is 145 Å². The van der Waals surface area contributed by atoms with Crippen LogP contribution in [-0.2, 0) is 50.9 Å². The number of nitrogens with zero attached hydrogens (tertiary/aromatic N) is 5. The zero-order valence-electron chi connectivity index (χ0n) is 50.8. The molecule has 0 unspecified atom stereocenters. The minimum absolute atomic E-state index is 0.164. The number of aromatic nitrogens is 1. The van der Waals surface area contributed by atoms with Crippen LogP contribution in [0.25, 0.3) is 10.9 Å². The van der Waals surface area contributed by atoms with E-state index in [0.29, 0.717) is 31.5 Å². The number of carbonyl (C=O) groups is 2. The van der Waals surface area contributed by atoms with Crippen molar-refractivity contribution in [3.8, 4) is 0 Å². The second-order valence-corrected chi connectivity index (χ2v) is 25.0. The zero-order valence-corrected chi connectivity index (χ0v) is 50.8. The van der Waals surface area contributed by atoms with Gasteiger partial charge in [0.2, 0.25) is 5.43 Å². The summed E-state index contributed by atoms with van der Waals surface area (Å²) >= 11 is 0. The number of aliphatic hydroxyl groups excluding tert-OH is 2. The lowest BCUT2D eigenvalue weighted by atomic mass is 9.77. The number of carboxylic acids is 1. The first-order chi connectivity index (χ1) is 37.6. The number of cyclic esters (lactones) is 1. The molecule has 5 heterocycles. The number of pyridine rings is 1. The Bertz CT molecular complexity index is 2380. The number of methoxy groups -OCH3 is 1. The molecule has 4 fully saturated rings. The lowest BCUT2D eigenvalue weighted by Gasteiger charge is -2.49. The van der Waals surface area contributed by atoms with Gasteiger partial charge in [0.05, 0.1) is 47.1 Å². The van der Waals surface area contributed by atoms with Crippen LogP contribution in [0.15, 0.2) is 29.2 Å². The minimum atomic E-state index is -1.83. The van der Waals surface area contributed by atoms with Gasteiger partial charge >= 0.3 is 11.9 Å². The molecule has 1 aromatic carbocycles. The van der Waals surface area contributed by atoms with E-state index in [1.54, 1.807) is 27.9 Å². The first kappa shape index (κ1) is 66.0. The molecule has 1 aromatic heterocycles. The van der Waals surface area contributed by atoms with Gasteiger partial charge in [-0.3, -0.25) is 9.59 Å². The maximum atomic E-state index is 14.6. The highest BCUT2D eigenvalue weighted by atomic mass is 16.7. The predicted molar refractivity (Wildman–Crippen MR) is 305 cm³/mol. The van der Waals surface area contributed by atoms with Crippen LogP contribution in [0.1, 0.15) is 131 Å². The first-order valence-corrected chi connectivity index (χ1v) is 29.6. The second kappa shape index (κ2) is 28.1. The average molecular weight is 1130 g/mol. The molecule has 20 nitrogen and oxygen atoms in total. The highest BCUT2D eigenvalue weighted by molar-refractivity contribution is 5.92. The average Bonchev–Trinajstić information content (AvgIpc) is 3.40. The molecule has 80 heavy (non-hydrogen) atoms. The third-order valence-electron chi connectivity index (χ3n) is 18.2.